The highest BCUT2D eigenvalue weighted by Crippen LogP contribution is 2.24. The molecule has 1 aromatic carbocycles. The van der Waals surface area contributed by atoms with Crippen LogP contribution in [0.5, 0.6) is 5.75 Å². The van der Waals surface area contributed by atoms with Gasteiger partial charge in [0.25, 0.3) is 5.56 Å². The first-order valence-corrected chi connectivity index (χ1v) is 11.4. The number of benzene rings is 1. The minimum Gasteiger partial charge on any atom is -0.495 e. The Labute approximate surface area is 188 Å². The third kappa shape index (κ3) is 5.28. The van der Waals surface area contributed by atoms with E-state index in [0.717, 1.165) is 53.6 Å². The highest BCUT2D eigenvalue weighted by molar-refractivity contribution is 6.31. The van der Waals surface area contributed by atoms with Crippen molar-refractivity contribution in [3.05, 3.63) is 69.1 Å². The summed E-state index contributed by atoms with van der Waals surface area (Å²) in [6.07, 6.45) is 6.40. The number of ether oxygens (including phenoxy) is 1. The number of piperidine rings is 1. The number of rotatable bonds is 7. The summed E-state index contributed by atoms with van der Waals surface area (Å²) in [7, 11) is 1.62. The average Bonchev–Trinajstić information content (AvgIpc) is 2.79. The zero-order chi connectivity index (χ0) is 21.8. The second-order valence-electron chi connectivity index (χ2n) is 8.51. The van der Waals surface area contributed by atoms with Gasteiger partial charge in [-0.05, 0) is 74.9 Å². The molecule has 0 unspecified atom stereocenters. The van der Waals surface area contributed by atoms with Crippen LogP contribution in [0.25, 0.3) is 11.0 Å². The molecule has 6 heteroatoms. The lowest BCUT2D eigenvalue weighted by Crippen LogP contribution is -2.37. The Morgan fingerprint density at radius 1 is 1.13 bits per heavy atom. The molecule has 0 bridgehead atoms. The number of fused-ring (bicyclic) bond motifs is 1. The van der Waals surface area contributed by atoms with E-state index in [1.54, 1.807) is 25.4 Å². The minimum atomic E-state index is 0.00852. The number of likely N-dealkylation sites (tertiary alicyclic amines) is 1. The van der Waals surface area contributed by atoms with Crippen LogP contribution in [-0.4, -0.2) is 41.2 Å². The highest BCUT2D eigenvalue weighted by atomic mass is 35.5. The molecule has 1 saturated heterocycles. The zero-order valence-corrected chi connectivity index (χ0v) is 19.1. The Bertz CT molecular complexity index is 1100. The largest absolute Gasteiger partial charge is 0.495 e. The number of hydrogen-bond acceptors (Lipinski definition) is 4. The number of nitrogens with zero attached hydrogens (tertiary/aromatic N) is 3. The van der Waals surface area contributed by atoms with Crippen molar-refractivity contribution >= 4 is 22.6 Å². The molecule has 1 aliphatic rings. The van der Waals surface area contributed by atoms with E-state index in [4.69, 9.17) is 16.3 Å². The van der Waals surface area contributed by atoms with Gasteiger partial charge in [-0.15, -0.1) is 0 Å². The maximum atomic E-state index is 12.5. The van der Waals surface area contributed by atoms with Gasteiger partial charge in [0.15, 0.2) is 0 Å². The summed E-state index contributed by atoms with van der Waals surface area (Å²) < 4.78 is 7.11. The monoisotopic (exact) mass is 439 g/mol. The quantitative estimate of drug-likeness (QED) is 0.534. The fourth-order valence-electron chi connectivity index (χ4n) is 4.39. The van der Waals surface area contributed by atoms with Gasteiger partial charge in [-0.3, -0.25) is 9.78 Å². The molecule has 0 aliphatic carbocycles. The second kappa shape index (κ2) is 9.84. The van der Waals surface area contributed by atoms with Crippen molar-refractivity contribution < 1.29 is 4.74 Å². The minimum absolute atomic E-state index is 0.00852. The Balaban J connectivity index is 1.31. The van der Waals surface area contributed by atoms with Crippen molar-refractivity contribution in [3.63, 3.8) is 0 Å². The third-order valence-electron chi connectivity index (χ3n) is 6.47. The first-order chi connectivity index (χ1) is 15.0. The van der Waals surface area contributed by atoms with Gasteiger partial charge in [-0.2, -0.15) is 0 Å². The summed E-state index contributed by atoms with van der Waals surface area (Å²) in [5, 5.41) is 0.865. The van der Waals surface area contributed by atoms with Gasteiger partial charge in [0.1, 0.15) is 5.75 Å². The Morgan fingerprint density at radius 3 is 2.68 bits per heavy atom. The lowest BCUT2D eigenvalue weighted by molar-refractivity contribution is 0.174. The molecule has 2 aromatic heterocycles. The molecule has 0 saturated carbocycles. The molecule has 3 heterocycles. The maximum absolute atomic E-state index is 12.5. The summed E-state index contributed by atoms with van der Waals surface area (Å²) in [4.78, 5) is 19.4. The van der Waals surface area contributed by atoms with Gasteiger partial charge in [0, 0.05) is 30.2 Å². The first-order valence-electron chi connectivity index (χ1n) is 11.0. The molecule has 0 amide bonds. The van der Waals surface area contributed by atoms with E-state index in [9.17, 15) is 4.79 Å². The van der Waals surface area contributed by atoms with Gasteiger partial charge in [-0.1, -0.05) is 23.7 Å². The molecule has 1 aliphatic heterocycles. The Kier molecular flexibility index (Phi) is 6.93. The number of aryl methyl sites for hydroxylation is 2. The molecular weight excluding hydrogens is 410 g/mol. The summed E-state index contributed by atoms with van der Waals surface area (Å²) in [6, 6.07) is 11.7. The van der Waals surface area contributed by atoms with Crippen molar-refractivity contribution in [2.24, 2.45) is 5.92 Å². The lowest BCUT2D eigenvalue weighted by Gasteiger charge is -2.32. The first kappa shape index (κ1) is 21.8. The molecule has 0 radical (unpaired) electrons. The Hall–Kier alpha value is -2.37. The van der Waals surface area contributed by atoms with E-state index < -0.39 is 0 Å². The van der Waals surface area contributed by atoms with Gasteiger partial charge < -0.3 is 14.2 Å². The number of hydrogen-bond donors (Lipinski definition) is 0. The molecule has 4 rings (SSSR count). The molecular formula is C25H30ClN3O2. The predicted octanol–water partition coefficient (Wildman–Crippen LogP) is 4.71. The fourth-order valence-corrected chi connectivity index (χ4v) is 4.60. The van der Waals surface area contributed by atoms with Crippen molar-refractivity contribution in [1.29, 1.82) is 0 Å². The van der Waals surface area contributed by atoms with Crippen LogP contribution in [-0.2, 0) is 13.0 Å². The summed E-state index contributed by atoms with van der Waals surface area (Å²) in [6.45, 7) is 5.75. The smallest absolute Gasteiger partial charge is 0.251 e. The van der Waals surface area contributed by atoms with Gasteiger partial charge in [0.2, 0.25) is 0 Å². The normalized spacial score (nSPS) is 15.5. The van der Waals surface area contributed by atoms with Crippen molar-refractivity contribution in [2.75, 3.05) is 26.7 Å². The fraction of sp³-hybridized carbons (Fsp3) is 0.440. The van der Waals surface area contributed by atoms with Crippen LogP contribution < -0.4 is 10.3 Å². The number of methoxy groups -OCH3 is 1. The lowest BCUT2D eigenvalue weighted by atomic mass is 9.90. The van der Waals surface area contributed by atoms with Crippen LogP contribution >= 0.6 is 11.6 Å². The SMILES string of the molecule is COc1cnc2ccc(=O)n(CCN3CCC(CCc4ccc(C)c(Cl)c4)CC3)c2c1. The van der Waals surface area contributed by atoms with E-state index in [1.807, 2.05) is 17.6 Å². The zero-order valence-electron chi connectivity index (χ0n) is 18.3. The van der Waals surface area contributed by atoms with Gasteiger partial charge in [0.05, 0.1) is 24.3 Å². The highest BCUT2D eigenvalue weighted by Gasteiger charge is 2.19. The summed E-state index contributed by atoms with van der Waals surface area (Å²) >= 11 is 6.26. The van der Waals surface area contributed by atoms with Crippen molar-refractivity contribution in [3.8, 4) is 5.75 Å². The van der Waals surface area contributed by atoms with E-state index in [2.05, 4.69) is 28.1 Å². The van der Waals surface area contributed by atoms with Crippen LogP contribution in [0.4, 0.5) is 0 Å². The third-order valence-corrected chi connectivity index (χ3v) is 6.88. The van der Waals surface area contributed by atoms with E-state index in [-0.39, 0.29) is 5.56 Å². The molecule has 5 nitrogen and oxygen atoms in total. The van der Waals surface area contributed by atoms with Gasteiger partial charge >= 0.3 is 0 Å². The van der Waals surface area contributed by atoms with Crippen molar-refractivity contribution in [1.82, 2.24) is 14.5 Å². The molecule has 3 aromatic rings. The molecule has 1 fully saturated rings. The van der Waals surface area contributed by atoms with Gasteiger partial charge in [-0.25, -0.2) is 0 Å². The predicted molar refractivity (Wildman–Crippen MR) is 126 cm³/mol. The number of pyridine rings is 2. The molecule has 164 valence electrons. The summed E-state index contributed by atoms with van der Waals surface area (Å²) in [5.41, 5.74) is 4.12. The second-order valence-corrected chi connectivity index (χ2v) is 8.92. The van der Waals surface area contributed by atoms with E-state index >= 15 is 0 Å². The molecule has 0 N–H and O–H groups in total. The van der Waals surface area contributed by atoms with Crippen LogP contribution in [0.15, 0.2) is 47.4 Å². The van der Waals surface area contributed by atoms with E-state index in [1.165, 1.54) is 24.8 Å². The standard InChI is InChI=1S/C25H30ClN3O2/c1-18-3-4-20(15-22(18)26)6-5-19-9-11-28(12-10-19)13-14-29-24-16-21(31-2)17-27-23(24)7-8-25(29)30/h3-4,7-8,15-17,19H,5-6,9-14H2,1-2H3. The van der Waals surface area contributed by atoms with Crippen LogP contribution in [0.3, 0.4) is 0 Å². The molecule has 0 atom stereocenters. The summed E-state index contributed by atoms with van der Waals surface area (Å²) in [5.74, 6) is 1.42. The van der Waals surface area contributed by atoms with Crippen molar-refractivity contribution in [2.45, 2.75) is 39.2 Å². The van der Waals surface area contributed by atoms with Crippen LogP contribution in [0, 0.1) is 12.8 Å². The number of aromatic nitrogens is 2. The molecule has 0 spiro atoms. The van der Waals surface area contributed by atoms with Crippen LogP contribution in [0.1, 0.15) is 30.4 Å². The topological polar surface area (TPSA) is 47.4 Å². The van der Waals surface area contributed by atoms with Crippen LogP contribution in [0.2, 0.25) is 5.02 Å². The maximum Gasteiger partial charge on any atom is 0.251 e. The molecule has 31 heavy (non-hydrogen) atoms. The Morgan fingerprint density at radius 2 is 1.94 bits per heavy atom. The van der Waals surface area contributed by atoms with E-state index in [0.29, 0.717) is 12.3 Å². The number of halogens is 1. The average molecular weight is 440 g/mol.